The fraction of sp³-hybridized carbons (Fsp3) is 0.286. The second-order valence-corrected chi connectivity index (χ2v) is 6.09. The summed E-state index contributed by atoms with van der Waals surface area (Å²) < 4.78 is 0. The number of hydrogen-bond acceptors (Lipinski definition) is 1. The minimum Gasteiger partial charge on any atom is -0.357 e. The number of aromatic nitrogens is 1. The zero-order valence-corrected chi connectivity index (χ0v) is 14.8. The SMILES string of the molecule is CCNC(=NCc1cc2ccccc2[nH]1)NCCCc1ccccc1. The number of fused-ring (bicyclic) bond motifs is 1. The first-order valence-electron chi connectivity index (χ1n) is 8.98. The molecule has 3 rings (SSSR count). The van der Waals surface area contributed by atoms with Crippen molar-refractivity contribution in [2.75, 3.05) is 13.1 Å². The van der Waals surface area contributed by atoms with Crippen LogP contribution in [0.5, 0.6) is 0 Å². The Morgan fingerprint density at radius 3 is 2.60 bits per heavy atom. The molecule has 4 nitrogen and oxygen atoms in total. The van der Waals surface area contributed by atoms with Crippen LogP contribution in [0, 0.1) is 0 Å². The molecule has 0 aliphatic heterocycles. The van der Waals surface area contributed by atoms with Crippen molar-refractivity contribution in [2.24, 2.45) is 4.99 Å². The minimum atomic E-state index is 0.642. The molecule has 0 saturated heterocycles. The highest BCUT2D eigenvalue weighted by Gasteiger charge is 2.01. The average molecular weight is 334 g/mol. The highest BCUT2D eigenvalue weighted by molar-refractivity contribution is 5.81. The number of hydrogen-bond donors (Lipinski definition) is 3. The van der Waals surface area contributed by atoms with Crippen LogP contribution in [0.4, 0.5) is 0 Å². The second-order valence-electron chi connectivity index (χ2n) is 6.09. The van der Waals surface area contributed by atoms with Gasteiger partial charge in [-0.3, -0.25) is 0 Å². The van der Waals surface area contributed by atoms with Gasteiger partial charge in [-0.2, -0.15) is 0 Å². The second kappa shape index (κ2) is 8.92. The zero-order chi connectivity index (χ0) is 17.3. The average Bonchev–Trinajstić information content (AvgIpc) is 3.07. The van der Waals surface area contributed by atoms with E-state index in [4.69, 9.17) is 0 Å². The number of aliphatic imine (C=N–C) groups is 1. The molecule has 0 saturated carbocycles. The van der Waals surface area contributed by atoms with Crippen molar-refractivity contribution in [3.05, 3.63) is 71.9 Å². The quantitative estimate of drug-likeness (QED) is 0.349. The van der Waals surface area contributed by atoms with Crippen LogP contribution in [-0.4, -0.2) is 24.0 Å². The van der Waals surface area contributed by atoms with Gasteiger partial charge in [0, 0.05) is 24.3 Å². The number of nitrogens with zero attached hydrogens (tertiary/aromatic N) is 1. The fourth-order valence-corrected chi connectivity index (χ4v) is 2.87. The van der Waals surface area contributed by atoms with E-state index < -0.39 is 0 Å². The largest absolute Gasteiger partial charge is 0.357 e. The van der Waals surface area contributed by atoms with E-state index >= 15 is 0 Å². The van der Waals surface area contributed by atoms with Crippen LogP contribution in [0.25, 0.3) is 10.9 Å². The Labute approximate surface area is 149 Å². The number of aromatic amines is 1. The van der Waals surface area contributed by atoms with Crippen molar-refractivity contribution < 1.29 is 0 Å². The third-order valence-electron chi connectivity index (χ3n) is 4.11. The van der Waals surface area contributed by atoms with Crippen LogP contribution in [0.3, 0.4) is 0 Å². The van der Waals surface area contributed by atoms with Gasteiger partial charge in [0.1, 0.15) is 0 Å². The van der Waals surface area contributed by atoms with Crippen molar-refractivity contribution in [2.45, 2.75) is 26.3 Å². The Morgan fingerprint density at radius 2 is 1.80 bits per heavy atom. The van der Waals surface area contributed by atoms with Gasteiger partial charge >= 0.3 is 0 Å². The lowest BCUT2D eigenvalue weighted by Gasteiger charge is -2.11. The van der Waals surface area contributed by atoms with E-state index in [9.17, 15) is 0 Å². The van der Waals surface area contributed by atoms with Gasteiger partial charge in [0.05, 0.1) is 6.54 Å². The molecule has 0 fully saturated rings. The molecule has 2 aromatic carbocycles. The molecule has 0 spiro atoms. The summed E-state index contributed by atoms with van der Waals surface area (Å²) in [7, 11) is 0. The number of rotatable bonds is 7. The number of nitrogens with one attached hydrogen (secondary N) is 3. The van der Waals surface area contributed by atoms with Crippen LogP contribution in [0.1, 0.15) is 24.6 Å². The van der Waals surface area contributed by atoms with Crippen LogP contribution < -0.4 is 10.6 Å². The highest BCUT2D eigenvalue weighted by Crippen LogP contribution is 2.15. The van der Waals surface area contributed by atoms with Crippen molar-refractivity contribution in [1.82, 2.24) is 15.6 Å². The van der Waals surface area contributed by atoms with E-state index in [1.807, 2.05) is 6.07 Å². The number of para-hydroxylation sites is 1. The summed E-state index contributed by atoms with van der Waals surface area (Å²) in [6, 6.07) is 21.1. The Bertz CT molecular complexity index is 772. The summed E-state index contributed by atoms with van der Waals surface area (Å²) >= 11 is 0. The lowest BCUT2D eigenvalue weighted by Crippen LogP contribution is -2.37. The van der Waals surface area contributed by atoms with Gasteiger partial charge in [0.15, 0.2) is 5.96 Å². The van der Waals surface area contributed by atoms with Crippen molar-refractivity contribution in [3.63, 3.8) is 0 Å². The molecule has 0 unspecified atom stereocenters. The van der Waals surface area contributed by atoms with Crippen LogP contribution in [-0.2, 0) is 13.0 Å². The molecule has 3 aromatic rings. The van der Waals surface area contributed by atoms with Gasteiger partial charge in [0.25, 0.3) is 0 Å². The van der Waals surface area contributed by atoms with Crippen molar-refractivity contribution in [3.8, 4) is 0 Å². The summed E-state index contributed by atoms with van der Waals surface area (Å²) in [5, 5.41) is 7.96. The number of aryl methyl sites for hydroxylation is 1. The molecule has 4 heteroatoms. The molecule has 25 heavy (non-hydrogen) atoms. The predicted molar refractivity (Wildman–Crippen MR) is 106 cm³/mol. The summed E-state index contributed by atoms with van der Waals surface area (Å²) in [5.41, 5.74) is 3.67. The first-order chi connectivity index (χ1) is 12.3. The molecule has 130 valence electrons. The van der Waals surface area contributed by atoms with E-state index in [0.717, 1.165) is 43.1 Å². The molecule has 1 heterocycles. The fourth-order valence-electron chi connectivity index (χ4n) is 2.87. The monoisotopic (exact) mass is 334 g/mol. The van der Waals surface area contributed by atoms with Gasteiger partial charge in [-0.15, -0.1) is 0 Å². The standard InChI is InChI=1S/C21H26N4/c1-2-22-21(23-14-8-11-17-9-4-3-5-10-17)24-16-19-15-18-12-6-7-13-20(18)25-19/h3-7,9-10,12-13,15,25H,2,8,11,14,16H2,1H3,(H2,22,23,24). The smallest absolute Gasteiger partial charge is 0.191 e. The third kappa shape index (κ3) is 5.11. The highest BCUT2D eigenvalue weighted by atomic mass is 15.2. The van der Waals surface area contributed by atoms with Crippen molar-refractivity contribution >= 4 is 16.9 Å². The lowest BCUT2D eigenvalue weighted by atomic mass is 10.1. The Morgan fingerprint density at radius 1 is 1.00 bits per heavy atom. The third-order valence-corrected chi connectivity index (χ3v) is 4.11. The Balaban J connectivity index is 1.51. The maximum Gasteiger partial charge on any atom is 0.191 e. The lowest BCUT2D eigenvalue weighted by molar-refractivity contribution is 0.743. The molecule has 0 amide bonds. The number of H-pyrrole nitrogens is 1. The van der Waals surface area contributed by atoms with Gasteiger partial charge in [-0.1, -0.05) is 48.5 Å². The molecular weight excluding hydrogens is 308 g/mol. The number of benzene rings is 2. The van der Waals surface area contributed by atoms with E-state index in [1.165, 1.54) is 10.9 Å². The molecule has 0 aliphatic rings. The maximum absolute atomic E-state index is 4.69. The minimum absolute atomic E-state index is 0.642. The Kier molecular flexibility index (Phi) is 6.10. The van der Waals surface area contributed by atoms with E-state index in [1.54, 1.807) is 0 Å². The number of guanidine groups is 1. The Hall–Kier alpha value is -2.75. The zero-order valence-electron chi connectivity index (χ0n) is 14.8. The molecule has 0 aliphatic carbocycles. The predicted octanol–water partition coefficient (Wildman–Crippen LogP) is 3.86. The summed E-state index contributed by atoms with van der Waals surface area (Å²) in [6.07, 6.45) is 2.16. The molecular formula is C21H26N4. The molecule has 3 N–H and O–H groups in total. The first kappa shape index (κ1) is 17.1. The first-order valence-corrected chi connectivity index (χ1v) is 8.98. The van der Waals surface area contributed by atoms with Gasteiger partial charge in [-0.25, -0.2) is 4.99 Å². The van der Waals surface area contributed by atoms with E-state index in [0.29, 0.717) is 6.54 Å². The summed E-state index contributed by atoms with van der Waals surface area (Å²) in [4.78, 5) is 8.11. The van der Waals surface area contributed by atoms with E-state index in [2.05, 4.69) is 82.1 Å². The normalized spacial score (nSPS) is 11.6. The summed E-state index contributed by atoms with van der Waals surface area (Å²) in [6.45, 7) is 4.50. The molecule has 1 aromatic heterocycles. The summed E-state index contributed by atoms with van der Waals surface area (Å²) in [5.74, 6) is 0.870. The molecule has 0 bridgehead atoms. The van der Waals surface area contributed by atoms with Gasteiger partial charge < -0.3 is 15.6 Å². The van der Waals surface area contributed by atoms with Crippen LogP contribution >= 0.6 is 0 Å². The molecule has 0 atom stereocenters. The van der Waals surface area contributed by atoms with Gasteiger partial charge in [0.2, 0.25) is 0 Å². The van der Waals surface area contributed by atoms with E-state index in [-0.39, 0.29) is 0 Å². The van der Waals surface area contributed by atoms with Gasteiger partial charge in [-0.05, 0) is 42.8 Å². The van der Waals surface area contributed by atoms with Crippen LogP contribution in [0.15, 0.2) is 65.7 Å². The topological polar surface area (TPSA) is 52.2 Å². The van der Waals surface area contributed by atoms with Crippen molar-refractivity contribution in [1.29, 1.82) is 0 Å². The molecule has 0 radical (unpaired) electrons. The maximum atomic E-state index is 4.69. The van der Waals surface area contributed by atoms with Crippen LogP contribution in [0.2, 0.25) is 0 Å².